The Labute approximate surface area is 145 Å². The van der Waals surface area contributed by atoms with E-state index >= 15 is 0 Å². The van der Waals surface area contributed by atoms with Crippen LogP contribution in [0.15, 0.2) is 73.0 Å². The van der Waals surface area contributed by atoms with Crippen molar-refractivity contribution >= 4 is 27.5 Å². The summed E-state index contributed by atoms with van der Waals surface area (Å²) in [6, 6.07) is 15.2. The van der Waals surface area contributed by atoms with Crippen LogP contribution in [0.4, 0.5) is 0 Å². The molecule has 25 heavy (non-hydrogen) atoms. The lowest BCUT2D eigenvalue weighted by molar-refractivity contribution is -0.164. The largest absolute Gasteiger partial charge is 0.423 e. The van der Waals surface area contributed by atoms with Gasteiger partial charge in [-0.15, -0.1) is 0 Å². The fourth-order valence-electron chi connectivity index (χ4n) is 2.46. The average molecular weight is 334 g/mol. The monoisotopic (exact) mass is 334 g/mol. The highest BCUT2D eigenvalue weighted by molar-refractivity contribution is 6.08. The third kappa shape index (κ3) is 3.63. The maximum Gasteiger partial charge on any atom is 0.338 e. The minimum absolute atomic E-state index is 0.364. The number of carbonyl (C=O) groups excluding carboxylic acids is 1. The Hall–Kier alpha value is -3.27. The topological polar surface area (TPSA) is 44.8 Å². The van der Waals surface area contributed by atoms with E-state index in [0.717, 1.165) is 21.5 Å². The Kier molecular flexibility index (Phi) is 4.44. The molecule has 0 bridgehead atoms. The molecule has 0 atom stereocenters. The fourth-order valence-corrected chi connectivity index (χ4v) is 2.46. The van der Waals surface area contributed by atoms with Crippen molar-refractivity contribution in [1.82, 2.24) is 0 Å². The van der Waals surface area contributed by atoms with Crippen LogP contribution < -0.4 is 9.62 Å². The van der Waals surface area contributed by atoms with E-state index in [2.05, 4.69) is 13.2 Å². The van der Waals surface area contributed by atoms with Gasteiger partial charge in [0, 0.05) is 5.57 Å². The van der Waals surface area contributed by atoms with Crippen LogP contribution in [-0.2, 0) is 9.68 Å². The summed E-state index contributed by atoms with van der Waals surface area (Å²) in [5, 5.41) is 4.12. The number of hydrogen-bond donors (Lipinski definition) is 0. The second kappa shape index (κ2) is 6.69. The van der Waals surface area contributed by atoms with Crippen molar-refractivity contribution in [1.29, 1.82) is 0 Å². The first-order valence-corrected chi connectivity index (χ1v) is 7.78. The predicted octanol–water partition coefficient (Wildman–Crippen LogP) is 5.32. The van der Waals surface area contributed by atoms with Crippen LogP contribution in [0.3, 0.4) is 0 Å². The van der Waals surface area contributed by atoms with Crippen molar-refractivity contribution in [2.75, 3.05) is 0 Å². The molecule has 0 saturated carbocycles. The first-order chi connectivity index (χ1) is 11.9. The first-order valence-electron chi connectivity index (χ1n) is 7.78. The highest BCUT2D eigenvalue weighted by Crippen LogP contribution is 2.31. The van der Waals surface area contributed by atoms with E-state index < -0.39 is 5.97 Å². The number of allylic oxidation sites excluding steroid dienone is 1. The Morgan fingerprint density at radius 3 is 1.96 bits per heavy atom. The van der Waals surface area contributed by atoms with Crippen LogP contribution in [0, 0.1) is 0 Å². The molecule has 3 aromatic rings. The number of hydrogen-bond acceptors (Lipinski definition) is 4. The number of carbonyl (C=O) groups is 1. The van der Waals surface area contributed by atoms with Gasteiger partial charge >= 0.3 is 5.97 Å². The van der Waals surface area contributed by atoms with Crippen molar-refractivity contribution in [2.24, 2.45) is 0 Å². The minimum atomic E-state index is -0.431. The first kappa shape index (κ1) is 16.6. The summed E-state index contributed by atoms with van der Waals surface area (Å²) in [4.78, 5) is 21.8. The van der Waals surface area contributed by atoms with Gasteiger partial charge in [-0.25, -0.2) is 4.79 Å². The lowest BCUT2D eigenvalue weighted by atomic mass is 10.0. The molecule has 0 spiro atoms. The molecule has 126 valence electrons. The molecule has 3 rings (SSSR count). The molecule has 0 amide bonds. The molecule has 0 aliphatic rings. The van der Waals surface area contributed by atoms with Crippen LogP contribution in [0.1, 0.15) is 13.8 Å². The number of esters is 1. The second-order valence-electron chi connectivity index (χ2n) is 5.87. The highest BCUT2D eigenvalue weighted by Gasteiger charge is 2.08. The average Bonchev–Trinajstić information content (AvgIpc) is 2.59. The lowest BCUT2D eigenvalue weighted by Crippen LogP contribution is -2.07. The van der Waals surface area contributed by atoms with Gasteiger partial charge in [-0.2, -0.15) is 0 Å². The predicted molar refractivity (Wildman–Crippen MR) is 98.4 cm³/mol. The number of fused-ring (bicyclic) bond motifs is 3. The standard InChI is InChI=1S/C21H18O4/c1-13(2)21(22)23-17-7-9-19-15(11-17)5-6-16-12-18(8-10-20(16)19)25-24-14(3)4/h5-12H,1,3H2,2,4H3. The third-order valence-electron chi connectivity index (χ3n) is 3.62. The molecule has 0 aliphatic carbocycles. The van der Waals surface area contributed by atoms with Gasteiger partial charge in [0.25, 0.3) is 0 Å². The zero-order valence-electron chi connectivity index (χ0n) is 14.2. The maximum absolute atomic E-state index is 11.7. The van der Waals surface area contributed by atoms with E-state index in [0.29, 0.717) is 22.8 Å². The smallest absolute Gasteiger partial charge is 0.338 e. The Morgan fingerprint density at radius 1 is 0.840 bits per heavy atom. The molecule has 0 radical (unpaired) electrons. The van der Waals surface area contributed by atoms with E-state index in [9.17, 15) is 4.79 Å². The molecule has 0 aromatic heterocycles. The number of rotatable bonds is 5. The normalized spacial score (nSPS) is 10.5. The van der Waals surface area contributed by atoms with Gasteiger partial charge in [0.1, 0.15) is 11.5 Å². The van der Waals surface area contributed by atoms with Crippen molar-refractivity contribution in [3.8, 4) is 11.5 Å². The summed E-state index contributed by atoms with van der Waals surface area (Å²) in [5.41, 5.74) is 0.364. The number of ether oxygens (including phenoxy) is 1. The lowest BCUT2D eigenvalue weighted by Gasteiger charge is -2.09. The maximum atomic E-state index is 11.7. The molecule has 4 heteroatoms. The molecular formula is C21H18O4. The van der Waals surface area contributed by atoms with Crippen molar-refractivity contribution in [2.45, 2.75) is 13.8 Å². The third-order valence-corrected chi connectivity index (χ3v) is 3.62. The Morgan fingerprint density at radius 2 is 1.40 bits per heavy atom. The van der Waals surface area contributed by atoms with E-state index in [1.807, 2.05) is 42.5 Å². The van der Waals surface area contributed by atoms with Crippen LogP contribution in [0.2, 0.25) is 0 Å². The summed E-state index contributed by atoms with van der Waals surface area (Å²) in [7, 11) is 0. The summed E-state index contributed by atoms with van der Waals surface area (Å²) < 4.78 is 5.29. The molecule has 0 saturated heterocycles. The minimum Gasteiger partial charge on any atom is -0.423 e. The van der Waals surface area contributed by atoms with Gasteiger partial charge in [0.2, 0.25) is 0 Å². The van der Waals surface area contributed by atoms with Crippen molar-refractivity contribution in [3.63, 3.8) is 0 Å². The fraction of sp³-hybridized carbons (Fsp3) is 0.0952. The zero-order chi connectivity index (χ0) is 18.0. The molecule has 0 unspecified atom stereocenters. The zero-order valence-corrected chi connectivity index (χ0v) is 14.2. The summed E-state index contributed by atoms with van der Waals surface area (Å²) in [6.07, 6.45) is 0. The van der Waals surface area contributed by atoms with Crippen LogP contribution in [0.25, 0.3) is 21.5 Å². The van der Waals surface area contributed by atoms with E-state index in [1.54, 1.807) is 19.9 Å². The summed E-state index contributed by atoms with van der Waals surface area (Å²) in [6.45, 7) is 10.5. The van der Waals surface area contributed by atoms with Crippen LogP contribution >= 0.6 is 0 Å². The molecule has 4 nitrogen and oxygen atoms in total. The SMILES string of the molecule is C=C(C)OOc1ccc2c(ccc3cc(OC(=O)C(=C)C)ccc32)c1. The Bertz CT molecular complexity index is 1000. The van der Waals surface area contributed by atoms with Crippen molar-refractivity contribution < 1.29 is 19.3 Å². The molecule has 0 N–H and O–H groups in total. The summed E-state index contributed by atoms with van der Waals surface area (Å²) >= 11 is 0. The van der Waals surface area contributed by atoms with Crippen LogP contribution in [0.5, 0.6) is 11.5 Å². The molecule has 0 aliphatic heterocycles. The quantitative estimate of drug-likeness (QED) is 0.120. The van der Waals surface area contributed by atoms with Gasteiger partial charge in [0.15, 0.2) is 5.75 Å². The van der Waals surface area contributed by atoms with Crippen LogP contribution in [-0.4, -0.2) is 5.97 Å². The van der Waals surface area contributed by atoms with Gasteiger partial charge in [0.05, 0.1) is 0 Å². The molecule has 0 heterocycles. The van der Waals surface area contributed by atoms with Gasteiger partial charge in [-0.05, 0) is 65.7 Å². The van der Waals surface area contributed by atoms with E-state index in [-0.39, 0.29) is 0 Å². The summed E-state index contributed by atoms with van der Waals surface area (Å²) in [5.74, 6) is 1.14. The van der Waals surface area contributed by atoms with E-state index in [4.69, 9.17) is 14.5 Å². The molecular weight excluding hydrogens is 316 g/mol. The highest BCUT2D eigenvalue weighted by atomic mass is 17.2. The van der Waals surface area contributed by atoms with E-state index in [1.165, 1.54) is 0 Å². The molecule has 0 fully saturated rings. The van der Waals surface area contributed by atoms with Gasteiger partial charge in [-0.1, -0.05) is 31.4 Å². The second-order valence-corrected chi connectivity index (χ2v) is 5.87. The Balaban J connectivity index is 1.96. The van der Waals surface area contributed by atoms with Gasteiger partial charge < -0.3 is 4.74 Å². The molecule has 3 aromatic carbocycles. The number of benzene rings is 3. The van der Waals surface area contributed by atoms with Gasteiger partial charge in [-0.3, -0.25) is 9.78 Å². The van der Waals surface area contributed by atoms with Crippen molar-refractivity contribution in [3.05, 3.63) is 73.0 Å².